The molecular weight excluding hydrogens is 268 g/mol. The van der Waals surface area contributed by atoms with Crippen molar-refractivity contribution in [2.75, 3.05) is 12.4 Å². The van der Waals surface area contributed by atoms with Crippen molar-refractivity contribution in [3.63, 3.8) is 0 Å². The molecule has 2 rings (SSSR count). The average molecular weight is 288 g/mol. The predicted octanol–water partition coefficient (Wildman–Crippen LogP) is 1.13. The highest BCUT2D eigenvalue weighted by molar-refractivity contribution is 5.94. The van der Waals surface area contributed by atoms with Crippen LogP contribution < -0.4 is 10.6 Å². The van der Waals surface area contributed by atoms with E-state index in [1.165, 1.54) is 0 Å². The number of hydrogen-bond donors (Lipinski definition) is 2. The molecule has 0 saturated heterocycles. The normalized spacial score (nSPS) is 10.4. The van der Waals surface area contributed by atoms with Crippen LogP contribution in [0.2, 0.25) is 0 Å². The highest BCUT2D eigenvalue weighted by Crippen LogP contribution is 2.12. The van der Waals surface area contributed by atoms with Gasteiger partial charge in [0, 0.05) is 25.4 Å². The van der Waals surface area contributed by atoms with Crippen molar-refractivity contribution in [1.29, 1.82) is 0 Å². The smallest absolute Gasteiger partial charge is 0.251 e. The van der Waals surface area contributed by atoms with Gasteiger partial charge in [-0.2, -0.15) is 5.10 Å². The summed E-state index contributed by atoms with van der Waals surface area (Å²) in [6, 6.07) is 3.56. The zero-order valence-corrected chi connectivity index (χ0v) is 12.6. The van der Waals surface area contributed by atoms with Crippen LogP contribution in [-0.2, 0) is 20.0 Å². The molecule has 0 aliphatic heterocycles. The summed E-state index contributed by atoms with van der Waals surface area (Å²) in [6.07, 6.45) is 3.43. The quantitative estimate of drug-likeness (QED) is 0.832. The summed E-state index contributed by atoms with van der Waals surface area (Å²) in [5.74, 6) is 1.13. The second-order valence-corrected chi connectivity index (χ2v) is 4.75. The molecule has 7 nitrogen and oxygen atoms in total. The fourth-order valence-electron chi connectivity index (χ4n) is 1.96. The Morgan fingerprint density at radius 1 is 1.38 bits per heavy atom. The number of nitrogens with one attached hydrogen (secondary N) is 2. The molecule has 0 atom stereocenters. The first kappa shape index (κ1) is 15.0. The maximum Gasteiger partial charge on any atom is 0.251 e. The van der Waals surface area contributed by atoms with Crippen LogP contribution in [0.1, 0.15) is 35.2 Å². The van der Waals surface area contributed by atoms with E-state index in [1.807, 2.05) is 6.07 Å². The third kappa shape index (κ3) is 4.01. The van der Waals surface area contributed by atoms with E-state index in [0.29, 0.717) is 23.8 Å². The SMILES string of the molecule is CCCc1cc(C(=O)NCc2ncn(C)n2)cc(NC)n1. The summed E-state index contributed by atoms with van der Waals surface area (Å²) in [7, 11) is 3.58. The number of pyridine rings is 1. The van der Waals surface area contributed by atoms with Crippen LogP contribution in [0.25, 0.3) is 0 Å². The number of nitrogens with zero attached hydrogens (tertiary/aromatic N) is 4. The van der Waals surface area contributed by atoms with Crippen LogP contribution in [0, 0.1) is 0 Å². The zero-order valence-electron chi connectivity index (χ0n) is 12.6. The van der Waals surface area contributed by atoms with Crippen molar-refractivity contribution in [2.24, 2.45) is 7.05 Å². The Morgan fingerprint density at radius 2 is 2.19 bits per heavy atom. The van der Waals surface area contributed by atoms with Crippen LogP contribution in [0.5, 0.6) is 0 Å². The molecule has 1 amide bonds. The van der Waals surface area contributed by atoms with E-state index in [2.05, 4.69) is 32.6 Å². The van der Waals surface area contributed by atoms with Crippen molar-refractivity contribution in [2.45, 2.75) is 26.3 Å². The molecule has 7 heteroatoms. The van der Waals surface area contributed by atoms with E-state index in [0.717, 1.165) is 18.5 Å². The molecule has 0 spiro atoms. The standard InChI is InChI=1S/C14H20N6O/c1-4-5-11-6-10(7-12(15-2)18-11)14(21)16-8-13-17-9-20(3)19-13/h6-7,9H,4-5,8H2,1-3H3,(H,15,18)(H,16,21). The minimum Gasteiger partial charge on any atom is -0.373 e. The summed E-state index contributed by atoms with van der Waals surface area (Å²) >= 11 is 0. The molecule has 0 radical (unpaired) electrons. The van der Waals surface area contributed by atoms with E-state index in [-0.39, 0.29) is 5.91 Å². The van der Waals surface area contributed by atoms with Gasteiger partial charge in [-0.1, -0.05) is 13.3 Å². The minimum atomic E-state index is -0.154. The summed E-state index contributed by atoms with van der Waals surface area (Å²) < 4.78 is 1.60. The predicted molar refractivity (Wildman–Crippen MR) is 80.0 cm³/mol. The van der Waals surface area contributed by atoms with E-state index in [9.17, 15) is 4.79 Å². The maximum absolute atomic E-state index is 12.2. The molecular formula is C14H20N6O. The molecule has 0 saturated carbocycles. The Morgan fingerprint density at radius 3 is 2.81 bits per heavy atom. The number of hydrogen-bond acceptors (Lipinski definition) is 5. The lowest BCUT2D eigenvalue weighted by atomic mass is 10.1. The highest BCUT2D eigenvalue weighted by Gasteiger charge is 2.10. The Balaban J connectivity index is 2.08. The van der Waals surface area contributed by atoms with E-state index in [1.54, 1.807) is 31.2 Å². The van der Waals surface area contributed by atoms with Crippen molar-refractivity contribution in [1.82, 2.24) is 25.1 Å². The summed E-state index contributed by atoms with van der Waals surface area (Å²) in [4.78, 5) is 20.7. The van der Waals surface area contributed by atoms with Crippen LogP contribution in [0.3, 0.4) is 0 Å². The molecule has 0 aromatic carbocycles. The molecule has 2 N–H and O–H groups in total. The zero-order chi connectivity index (χ0) is 15.2. The highest BCUT2D eigenvalue weighted by atomic mass is 16.1. The molecule has 0 unspecified atom stereocenters. The monoisotopic (exact) mass is 288 g/mol. The average Bonchev–Trinajstić information content (AvgIpc) is 2.90. The molecule has 0 fully saturated rings. The molecule has 112 valence electrons. The lowest BCUT2D eigenvalue weighted by molar-refractivity contribution is 0.0949. The van der Waals surface area contributed by atoms with Gasteiger partial charge in [-0.3, -0.25) is 9.48 Å². The number of rotatable bonds is 6. The summed E-state index contributed by atoms with van der Waals surface area (Å²) in [5, 5.41) is 9.92. The number of anilines is 1. The second-order valence-electron chi connectivity index (χ2n) is 4.75. The lowest BCUT2D eigenvalue weighted by Crippen LogP contribution is -2.24. The Hall–Kier alpha value is -2.44. The number of amides is 1. The van der Waals surface area contributed by atoms with Gasteiger partial charge in [0.05, 0.1) is 6.54 Å². The van der Waals surface area contributed by atoms with Crippen LogP contribution in [-0.4, -0.2) is 32.7 Å². The second kappa shape index (κ2) is 6.83. The van der Waals surface area contributed by atoms with Gasteiger partial charge in [-0.25, -0.2) is 9.97 Å². The molecule has 0 aliphatic rings. The van der Waals surface area contributed by atoms with Crippen LogP contribution >= 0.6 is 0 Å². The van der Waals surface area contributed by atoms with Crippen molar-refractivity contribution >= 4 is 11.7 Å². The van der Waals surface area contributed by atoms with Gasteiger partial charge in [-0.15, -0.1) is 0 Å². The first-order chi connectivity index (χ1) is 10.1. The number of carbonyl (C=O) groups is 1. The van der Waals surface area contributed by atoms with Crippen LogP contribution in [0.4, 0.5) is 5.82 Å². The van der Waals surface area contributed by atoms with Gasteiger partial charge in [-0.05, 0) is 18.6 Å². The number of aryl methyl sites for hydroxylation is 2. The van der Waals surface area contributed by atoms with E-state index < -0.39 is 0 Å². The van der Waals surface area contributed by atoms with Gasteiger partial charge >= 0.3 is 0 Å². The molecule has 2 heterocycles. The van der Waals surface area contributed by atoms with Crippen molar-refractivity contribution in [3.8, 4) is 0 Å². The number of aromatic nitrogens is 4. The van der Waals surface area contributed by atoms with Crippen LogP contribution in [0.15, 0.2) is 18.5 Å². The molecule has 2 aromatic rings. The first-order valence-corrected chi connectivity index (χ1v) is 6.93. The van der Waals surface area contributed by atoms with Gasteiger partial charge in [0.15, 0.2) is 5.82 Å². The third-order valence-electron chi connectivity index (χ3n) is 2.96. The van der Waals surface area contributed by atoms with Crippen molar-refractivity contribution in [3.05, 3.63) is 35.5 Å². The minimum absolute atomic E-state index is 0.154. The van der Waals surface area contributed by atoms with Gasteiger partial charge < -0.3 is 10.6 Å². The van der Waals surface area contributed by atoms with E-state index >= 15 is 0 Å². The Kier molecular flexibility index (Phi) is 4.86. The van der Waals surface area contributed by atoms with Gasteiger partial charge in [0.2, 0.25) is 0 Å². The Labute approximate surface area is 123 Å². The number of carbonyl (C=O) groups excluding carboxylic acids is 1. The Bertz CT molecular complexity index is 622. The lowest BCUT2D eigenvalue weighted by Gasteiger charge is -2.08. The topological polar surface area (TPSA) is 84.7 Å². The third-order valence-corrected chi connectivity index (χ3v) is 2.96. The molecule has 21 heavy (non-hydrogen) atoms. The molecule has 2 aromatic heterocycles. The molecule has 0 bridgehead atoms. The first-order valence-electron chi connectivity index (χ1n) is 6.93. The summed E-state index contributed by atoms with van der Waals surface area (Å²) in [5.41, 5.74) is 1.50. The van der Waals surface area contributed by atoms with Crippen molar-refractivity contribution < 1.29 is 4.79 Å². The summed E-state index contributed by atoms with van der Waals surface area (Å²) in [6.45, 7) is 2.39. The maximum atomic E-state index is 12.2. The molecule has 0 aliphatic carbocycles. The fraction of sp³-hybridized carbons (Fsp3) is 0.429. The fourth-order valence-corrected chi connectivity index (χ4v) is 1.96. The largest absolute Gasteiger partial charge is 0.373 e. The van der Waals surface area contributed by atoms with E-state index in [4.69, 9.17) is 0 Å². The van der Waals surface area contributed by atoms with Gasteiger partial charge in [0.25, 0.3) is 5.91 Å². The van der Waals surface area contributed by atoms with Gasteiger partial charge in [0.1, 0.15) is 12.1 Å².